The summed E-state index contributed by atoms with van der Waals surface area (Å²) in [4.78, 5) is 0.763. The van der Waals surface area contributed by atoms with E-state index in [-0.39, 0.29) is 0 Å². The van der Waals surface area contributed by atoms with Gasteiger partial charge in [0.2, 0.25) is 0 Å². The van der Waals surface area contributed by atoms with Crippen LogP contribution in [0.15, 0.2) is 36.4 Å². The van der Waals surface area contributed by atoms with Gasteiger partial charge < -0.3 is 5.11 Å². The van der Waals surface area contributed by atoms with E-state index in [1.165, 1.54) is 11.3 Å². The van der Waals surface area contributed by atoms with E-state index >= 15 is 0 Å². The van der Waals surface area contributed by atoms with E-state index in [1.807, 2.05) is 24.3 Å². The minimum Gasteiger partial charge on any atom is -0.386 e. The molecule has 4 heteroatoms. The van der Waals surface area contributed by atoms with Crippen molar-refractivity contribution in [2.75, 3.05) is 0 Å². The molecule has 1 N–H and O–H groups in total. The van der Waals surface area contributed by atoms with Crippen molar-refractivity contribution in [1.82, 2.24) is 0 Å². The molecule has 0 aliphatic heterocycles. The molecule has 19 heavy (non-hydrogen) atoms. The third-order valence-corrected chi connectivity index (χ3v) is 5.02. The molecule has 1 heterocycles. The van der Waals surface area contributed by atoms with E-state index in [4.69, 9.17) is 11.6 Å². The first-order valence-corrected chi connectivity index (χ1v) is 7.25. The van der Waals surface area contributed by atoms with Crippen molar-refractivity contribution < 1.29 is 5.11 Å². The van der Waals surface area contributed by atoms with E-state index in [2.05, 4.69) is 6.07 Å². The predicted molar refractivity (Wildman–Crippen MR) is 76.2 cm³/mol. The maximum Gasteiger partial charge on any atom is 0.107 e. The summed E-state index contributed by atoms with van der Waals surface area (Å²) in [5, 5.41) is 20.2. The second kappa shape index (κ2) is 4.64. The monoisotopic (exact) mass is 289 g/mol. The fraction of sp³-hybridized carbons (Fsp3) is 0.267. The SMILES string of the molecule is N#CC1(C(O)c2ccc(Cl)s2)Cc2ccccc2C1. The number of hydrogen-bond donors (Lipinski definition) is 1. The smallest absolute Gasteiger partial charge is 0.107 e. The summed E-state index contributed by atoms with van der Waals surface area (Å²) in [7, 11) is 0. The van der Waals surface area contributed by atoms with Crippen LogP contribution in [0.25, 0.3) is 0 Å². The summed E-state index contributed by atoms with van der Waals surface area (Å²) in [6.45, 7) is 0. The van der Waals surface area contributed by atoms with Crippen molar-refractivity contribution in [3.8, 4) is 6.07 Å². The van der Waals surface area contributed by atoms with Gasteiger partial charge in [-0.3, -0.25) is 0 Å². The molecule has 0 bridgehead atoms. The Hall–Kier alpha value is -1.34. The number of fused-ring (bicyclic) bond motifs is 1. The summed E-state index contributed by atoms with van der Waals surface area (Å²) in [5.74, 6) is 0. The van der Waals surface area contributed by atoms with Crippen molar-refractivity contribution in [2.24, 2.45) is 5.41 Å². The van der Waals surface area contributed by atoms with Gasteiger partial charge in [0, 0.05) is 4.88 Å². The number of aliphatic hydroxyl groups excluding tert-OH is 1. The average Bonchev–Trinajstić information content (AvgIpc) is 3.01. The molecule has 2 nitrogen and oxygen atoms in total. The minimum atomic E-state index is -0.789. The number of benzene rings is 1. The average molecular weight is 290 g/mol. The Morgan fingerprint density at radius 3 is 2.32 bits per heavy atom. The number of nitrogens with zero attached hydrogens (tertiary/aromatic N) is 1. The maximum atomic E-state index is 10.6. The molecule has 0 saturated carbocycles. The molecule has 0 amide bonds. The summed E-state index contributed by atoms with van der Waals surface area (Å²) in [6, 6.07) is 13.9. The lowest BCUT2D eigenvalue weighted by Crippen LogP contribution is -2.27. The third-order valence-electron chi connectivity index (χ3n) is 3.74. The highest BCUT2D eigenvalue weighted by molar-refractivity contribution is 7.16. The van der Waals surface area contributed by atoms with Crippen molar-refractivity contribution in [1.29, 1.82) is 5.26 Å². The molecule has 0 spiro atoms. The van der Waals surface area contributed by atoms with E-state index < -0.39 is 11.5 Å². The van der Waals surface area contributed by atoms with Crippen LogP contribution >= 0.6 is 22.9 Å². The van der Waals surface area contributed by atoms with Crippen molar-refractivity contribution in [3.05, 3.63) is 56.7 Å². The molecule has 2 aromatic rings. The second-order valence-electron chi connectivity index (χ2n) is 4.93. The highest BCUT2D eigenvalue weighted by Crippen LogP contribution is 2.47. The molecule has 1 atom stereocenters. The number of nitriles is 1. The van der Waals surface area contributed by atoms with Gasteiger partial charge in [-0.05, 0) is 36.1 Å². The van der Waals surface area contributed by atoms with E-state index in [0.717, 1.165) is 16.0 Å². The molecule has 3 rings (SSSR count). The van der Waals surface area contributed by atoms with Gasteiger partial charge in [-0.25, -0.2) is 0 Å². The summed E-state index contributed by atoms with van der Waals surface area (Å²) >= 11 is 7.25. The Balaban J connectivity index is 1.97. The molecule has 1 unspecified atom stereocenters. The topological polar surface area (TPSA) is 44.0 Å². The third kappa shape index (κ3) is 2.06. The van der Waals surface area contributed by atoms with Crippen molar-refractivity contribution in [2.45, 2.75) is 18.9 Å². The minimum absolute atomic E-state index is 0.594. The number of hydrogen-bond acceptors (Lipinski definition) is 3. The van der Waals surface area contributed by atoms with Crippen LogP contribution in [0.5, 0.6) is 0 Å². The van der Waals surface area contributed by atoms with Crippen LogP contribution in [0.2, 0.25) is 4.34 Å². The lowest BCUT2D eigenvalue weighted by molar-refractivity contribution is 0.0725. The second-order valence-corrected chi connectivity index (χ2v) is 6.68. The van der Waals surface area contributed by atoms with Gasteiger partial charge >= 0.3 is 0 Å². The predicted octanol–water partition coefficient (Wildman–Crippen LogP) is 3.74. The molecule has 0 radical (unpaired) electrons. The maximum absolute atomic E-state index is 10.6. The summed E-state index contributed by atoms with van der Waals surface area (Å²) in [5.41, 5.74) is 1.55. The highest BCUT2D eigenvalue weighted by Gasteiger charge is 2.44. The number of thiophene rings is 1. The summed E-state index contributed by atoms with van der Waals surface area (Å²) in [6.07, 6.45) is 0.398. The molecule has 1 aliphatic carbocycles. The van der Waals surface area contributed by atoms with Crippen LogP contribution < -0.4 is 0 Å². The van der Waals surface area contributed by atoms with Crippen LogP contribution in [0, 0.1) is 16.7 Å². The van der Waals surface area contributed by atoms with E-state index in [9.17, 15) is 10.4 Å². The van der Waals surface area contributed by atoms with Crippen LogP contribution in [-0.2, 0) is 12.8 Å². The fourth-order valence-electron chi connectivity index (χ4n) is 2.73. The Morgan fingerprint density at radius 2 is 1.84 bits per heavy atom. The van der Waals surface area contributed by atoms with Gasteiger partial charge in [0.15, 0.2) is 0 Å². The normalized spacial score (nSPS) is 17.7. The summed E-state index contributed by atoms with van der Waals surface area (Å²) < 4.78 is 0.637. The van der Waals surface area contributed by atoms with Gasteiger partial charge in [0.25, 0.3) is 0 Å². The first-order chi connectivity index (χ1) is 9.14. The van der Waals surface area contributed by atoms with Gasteiger partial charge in [-0.15, -0.1) is 11.3 Å². The van der Waals surface area contributed by atoms with Crippen molar-refractivity contribution >= 4 is 22.9 Å². The zero-order valence-corrected chi connectivity index (χ0v) is 11.7. The lowest BCUT2D eigenvalue weighted by Gasteiger charge is -2.26. The standard InChI is InChI=1S/C15H12ClNOS/c16-13-6-5-12(19-13)14(18)15(9-17)7-10-3-1-2-4-11(10)8-15/h1-6,14,18H,7-8H2. The van der Waals surface area contributed by atoms with Crippen LogP contribution in [-0.4, -0.2) is 5.11 Å². The Bertz CT molecular complexity index is 633. The van der Waals surface area contributed by atoms with Crippen molar-refractivity contribution in [3.63, 3.8) is 0 Å². The molecule has 1 aromatic carbocycles. The Labute approximate surface area is 120 Å². The first kappa shape index (κ1) is 12.7. The zero-order chi connectivity index (χ0) is 13.5. The zero-order valence-electron chi connectivity index (χ0n) is 10.1. The molecule has 0 saturated heterocycles. The lowest BCUT2D eigenvalue weighted by atomic mass is 9.80. The molecular weight excluding hydrogens is 278 g/mol. The van der Waals surface area contributed by atoms with Crippen LogP contribution in [0.4, 0.5) is 0 Å². The highest BCUT2D eigenvalue weighted by atomic mass is 35.5. The van der Waals surface area contributed by atoms with Gasteiger partial charge in [-0.1, -0.05) is 35.9 Å². The Morgan fingerprint density at radius 1 is 1.21 bits per heavy atom. The molecule has 0 fully saturated rings. The van der Waals surface area contributed by atoms with E-state index in [1.54, 1.807) is 12.1 Å². The van der Waals surface area contributed by atoms with Crippen LogP contribution in [0.1, 0.15) is 22.1 Å². The molecule has 1 aliphatic rings. The quantitative estimate of drug-likeness (QED) is 0.915. The molecular formula is C15H12ClNOS. The molecule has 1 aromatic heterocycles. The van der Waals surface area contributed by atoms with Gasteiger partial charge in [-0.2, -0.15) is 5.26 Å². The largest absolute Gasteiger partial charge is 0.386 e. The Kier molecular flexibility index (Phi) is 3.10. The number of rotatable bonds is 2. The van der Waals surface area contributed by atoms with Gasteiger partial charge in [0.1, 0.15) is 6.10 Å². The number of halogens is 1. The van der Waals surface area contributed by atoms with Crippen LogP contribution in [0.3, 0.4) is 0 Å². The molecule has 96 valence electrons. The first-order valence-electron chi connectivity index (χ1n) is 6.06. The van der Waals surface area contributed by atoms with E-state index in [0.29, 0.717) is 17.2 Å². The number of aliphatic hydroxyl groups is 1. The fourth-order valence-corrected chi connectivity index (χ4v) is 3.89. The van der Waals surface area contributed by atoms with Gasteiger partial charge in [0.05, 0.1) is 15.8 Å².